The van der Waals surface area contributed by atoms with Crippen molar-refractivity contribution in [1.29, 1.82) is 0 Å². The van der Waals surface area contributed by atoms with Gasteiger partial charge >= 0.3 is 0 Å². The Morgan fingerprint density at radius 2 is 1.71 bits per heavy atom. The number of alkyl halides is 2. The summed E-state index contributed by atoms with van der Waals surface area (Å²) in [4.78, 5) is 82.7. The first-order valence-corrected chi connectivity index (χ1v) is 20.1. The number of H-pyrrole nitrogens is 1. The lowest BCUT2D eigenvalue weighted by Gasteiger charge is -2.45. The van der Waals surface area contributed by atoms with Gasteiger partial charge in [-0.25, -0.2) is 8.78 Å². The monoisotopic (exact) mass is 805 g/mol. The molecule has 3 saturated heterocycles. The summed E-state index contributed by atoms with van der Waals surface area (Å²) in [5.41, 5.74) is 2.78. The minimum atomic E-state index is -2.77. The molecule has 4 fully saturated rings. The van der Waals surface area contributed by atoms with Gasteiger partial charge in [0.2, 0.25) is 17.7 Å². The Morgan fingerprint density at radius 3 is 2.46 bits per heavy atom. The van der Waals surface area contributed by atoms with Gasteiger partial charge in [0.1, 0.15) is 6.04 Å². The number of hydrogen-bond donors (Lipinski definition) is 3. The standard InChI is InChI=1S/C42H41F2N9O6/c1-41-17-30-29(16-32(41)42(41,43)44)34(49-48-30)37(56)46-25-18-45-52(21-25)35(22-5-3-2-4-6-22)24-19-51(20-24)38(57)23-11-13-50(14-12-23)26-7-8-27-28(15-26)40(59)53(39(27)58)31-9-10-33(54)47-36(31)55/h2-8,15,18,21,23-24,31-32,35H,9-14,16-17,19-20H2,1H3,(H,46,56)(H,48,49)(H,47,54,55)/t31?,32-,35+,41+/m0/s1. The van der Waals surface area contributed by atoms with Crippen molar-refractivity contribution in [2.45, 2.75) is 63.5 Å². The van der Waals surface area contributed by atoms with Crippen LogP contribution in [0, 0.1) is 23.2 Å². The van der Waals surface area contributed by atoms with Crippen LogP contribution in [0.1, 0.15) is 86.7 Å². The molecule has 0 radical (unpaired) electrons. The number of aromatic amines is 1. The van der Waals surface area contributed by atoms with E-state index < -0.39 is 52.8 Å². The predicted octanol–water partition coefficient (Wildman–Crippen LogP) is 3.59. The highest BCUT2D eigenvalue weighted by Crippen LogP contribution is 2.70. The Labute approximate surface area is 336 Å². The number of carbonyl (C=O) groups excluding carboxylic acids is 6. The summed E-state index contributed by atoms with van der Waals surface area (Å²) >= 11 is 0. The van der Waals surface area contributed by atoms with Gasteiger partial charge in [-0.2, -0.15) is 10.2 Å². The quantitative estimate of drug-likeness (QED) is 0.224. The van der Waals surface area contributed by atoms with Crippen molar-refractivity contribution in [2.24, 2.45) is 23.2 Å². The van der Waals surface area contributed by atoms with Crippen LogP contribution in [0.5, 0.6) is 0 Å². The third-order valence-electron chi connectivity index (χ3n) is 13.6. The van der Waals surface area contributed by atoms with Crippen LogP contribution in [-0.2, 0) is 27.2 Å². The van der Waals surface area contributed by atoms with Gasteiger partial charge in [0, 0.05) is 85.3 Å². The molecule has 3 N–H and O–H groups in total. The van der Waals surface area contributed by atoms with Crippen molar-refractivity contribution in [3.63, 3.8) is 0 Å². The smallest absolute Gasteiger partial charge is 0.276 e. The van der Waals surface area contributed by atoms with Crippen LogP contribution in [0.2, 0.25) is 0 Å². The maximum Gasteiger partial charge on any atom is 0.276 e. The first-order chi connectivity index (χ1) is 28.3. The van der Waals surface area contributed by atoms with Gasteiger partial charge in [-0.05, 0) is 49.4 Å². The normalized spacial score (nSPS) is 25.5. The fraction of sp³-hybridized carbons (Fsp3) is 0.429. The van der Waals surface area contributed by atoms with E-state index in [1.165, 1.54) is 0 Å². The van der Waals surface area contributed by atoms with Crippen LogP contribution in [0.25, 0.3) is 0 Å². The first-order valence-electron chi connectivity index (χ1n) is 20.1. The lowest BCUT2D eigenvalue weighted by atomic mass is 9.85. The van der Waals surface area contributed by atoms with Gasteiger partial charge in [-0.3, -0.25) is 48.8 Å². The second-order valence-electron chi connectivity index (χ2n) is 17.0. The molecule has 59 heavy (non-hydrogen) atoms. The second-order valence-corrected chi connectivity index (χ2v) is 17.0. The molecule has 0 bridgehead atoms. The number of nitrogens with one attached hydrogen (secondary N) is 3. The molecule has 6 aliphatic rings. The number of imide groups is 2. The predicted molar refractivity (Wildman–Crippen MR) is 205 cm³/mol. The Hall–Kier alpha value is -6.26. The van der Waals surface area contributed by atoms with Crippen LogP contribution < -0.4 is 15.5 Å². The van der Waals surface area contributed by atoms with E-state index in [1.54, 1.807) is 42.2 Å². The van der Waals surface area contributed by atoms with Crippen molar-refractivity contribution >= 4 is 46.8 Å². The number of halogens is 2. The van der Waals surface area contributed by atoms with Crippen molar-refractivity contribution in [3.8, 4) is 0 Å². The van der Waals surface area contributed by atoms with E-state index in [1.807, 2.05) is 35.2 Å². The fourth-order valence-corrected chi connectivity index (χ4v) is 10.0. The average molecular weight is 806 g/mol. The second kappa shape index (κ2) is 13.4. The van der Waals surface area contributed by atoms with Crippen LogP contribution in [0.3, 0.4) is 0 Å². The third kappa shape index (κ3) is 5.86. The van der Waals surface area contributed by atoms with E-state index in [-0.39, 0.29) is 66.3 Å². The molecule has 15 nitrogen and oxygen atoms in total. The molecule has 2 aromatic heterocycles. The molecule has 1 unspecified atom stereocenters. The number of rotatable bonds is 8. The summed E-state index contributed by atoms with van der Waals surface area (Å²) in [6, 6.07) is 13.7. The van der Waals surface area contributed by atoms with E-state index in [0.717, 1.165) is 16.2 Å². The minimum Gasteiger partial charge on any atom is -0.371 e. The number of piperidine rings is 2. The number of fused-ring (bicyclic) bond motifs is 3. The first kappa shape index (κ1) is 37.0. The minimum absolute atomic E-state index is 0.0455. The summed E-state index contributed by atoms with van der Waals surface area (Å²) in [5, 5.41) is 16.7. The third-order valence-corrected chi connectivity index (χ3v) is 13.6. The fourth-order valence-electron chi connectivity index (χ4n) is 10.0. The molecule has 1 saturated carbocycles. The highest BCUT2D eigenvalue weighted by atomic mass is 19.3. The SMILES string of the molecule is C[C@@]12Cc3[nH]nc(C(=O)Nc4cnn([C@H](c5ccccc5)C5CN(C(=O)C6CCN(c7ccc8c(c7)C(=O)N(C7CCC(=O)NC7=O)C8=O)CC6)C5)c4)c3C[C@@H]1C2(F)F. The van der Waals surface area contributed by atoms with Gasteiger partial charge in [0.25, 0.3) is 23.6 Å². The van der Waals surface area contributed by atoms with Gasteiger partial charge in [-0.15, -0.1) is 0 Å². The molecule has 4 aromatic rings. The zero-order valence-corrected chi connectivity index (χ0v) is 32.1. The van der Waals surface area contributed by atoms with Crippen LogP contribution >= 0.6 is 0 Å². The number of amides is 6. The van der Waals surface area contributed by atoms with E-state index in [2.05, 4.69) is 30.8 Å². The summed E-state index contributed by atoms with van der Waals surface area (Å²) in [7, 11) is 0. The van der Waals surface area contributed by atoms with E-state index in [4.69, 9.17) is 0 Å². The summed E-state index contributed by atoms with van der Waals surface area (Å²) in [6.45, 7) is 3.78. The number of benzene rings is 2. The number of hydrogen-bond acceptors (Lipinski definition) is 9. The maximum absolute atomic E-state index is 14.5. The number of nitrogens with zero attached hydrogens (tertiary/aromatic N) is 6. The number of carbonyl (C=O) groups is 6. The molecule has 0 spiro atoms. The molecule has 2 aromatic carbocycles. The van der Waals surface area contributed by atoms with Gasteiger partial charge in [-0.1, -0.05) is 37.3 Å². The number of likely N-dealkylation sites (tertiary alicyclic amines) is 1. The van der Waals surface area contributed by atoms with E-state index >= 15 is 0 Å². The molecule has 4 aliphatic heterocycles. The Balaban J connectivity index is 0.765. The molecular weight excluding hydrogens is 765 g/mol. The van der Waals surface area contributed by atoms with Crippen LogP contribution in [0.15, 0.2) is 60.9 Å². The highest BCUT2D eigenvalue weighted by molar-refractivity contribution is 6.23. The zero-order valence-electron chi connectivity index (χ0n) is 32.1. The van der Waals surface area contributed by atoms with Crippen molar-refractivity contribution in [1.82, 2.24) is 35.1 Å². The maximum atomic E-state index is 14.5. The molecule has 4 atom stereocenters. The zero-order chi connectivity index (χ0) is 41.0. The summed E-state index contributed by atoms with van der Waals surface area (Å²) in [5.74, 6) is -6.30. The molecular formula is C42H41F2N9O6. The summed E-state index contributed by atoms with van der Waals surface area (Å²) in [6.07, 6.45) is 4.90. The average Bonchev–Trinajstić information content (AvgIpc) is 3.72. The Morgan fingerprint density at radius 1 is 0.966 bits per heavy atom. The van der Waals surface area contributed by atoms with Crippen LogP contribution in [-0.4, -0.2) is 103 Å². The molecule has 10 rings (SSSR count). The lowest BCUT2D eigenvalue weighted by Crippen LogP contribution is -2.55. The van der Waals surface area contributed by atoms with E-state index in [9.17, 15) is 37.5 Å². The van der Waals surface area contributed by atoms with E-state index in [0.29, 0.717) is 56.0 Å². The van der Waals surface area contributed by atoms with Gasteiger partial charge in [0.15, 0.2) is 5.69 Å². The van der Waals surface area contributed by atoms with Gasteiger partial charge in [0.05, 0.1) is 29.1 Å². The summed E-state index contributed by atoms with van der Waals surface area (Å²) < 4.78 is 30.8. The van der Waals surface area contributed by atoms with Crippen LogP contribution in [0.4, 0.5) is 20.2 Å². The molecule has 6 heterocycles. The molecule has 17 heteroatoms. The van der Waals surface area contributed by atoms with Crippen molar-refractivity contribution < 1.29 is 37.5 Å². The Bertz CT molecular complexity index is 2450. The van der Waals surface area contributed by atoms with Crippen molar-refractivity contribution in [3.05, 3.63) is 94.6 Å². The number of aromatic nitrogens is 4. The molecule has 304 valence electrons. The largest absolute Gasteiger partial charge is 0.371 e. The molecule has 6 amide bonds. The topological polar surface area (TPSA) is 183 Å². The highest BCUT2D eigenvalue weighted by Gasteiger charge is 2.78. The van der Waals surface area contributed by atoms with Gasteiger partial charge < -0.3 is 15.1 Å². The van der Waals surface area contributed by atoms with Crippen molar-refractivity contribution in [2.75, 3.05) is 36.4 Å². The molecule has 2 aliphatic carbocycles. The lowest BCUT2D eigenvalue weighted by molar-refractivity contribution is -0.143. The Kier molecular flexibility index (Phi) is 8.41. The number of anilines is 2.